The summed E-state index contributed by atoms with van der Waals surface area (Å²) in [6.45, 7) is 3.94. The number of halogens is 2. The average molecular weight is 301 g/mol. The van der Waals surface area contributed by atoms with Gasteiger partial charge in [-0.25, -0.2) is 4.39 Å². The van der Waals surface area contributed by atoms with Gasteiger partial charge in [0.25, 0.3) is 0 Å². The Labute approximate surface area is 110 Å². The summed E-state index contributed by atoms with van der Waals surface area (Å²) in [5.41, 5.74) is 6.92. The van der Waals surface area contributed by atoms with Crippen molar-refractivity contribution in [2.75, 3.05) is 13.1 Å². The van der Waals surface area contributed by atoms with Crippen molar-refractivity contribution in [1.82, 2.24) is 4.90 Å². The molecule has 1 fully saturated rings. The molecule has 94 valence electrons. The normalized spacial score (nSPS) is 22.9. The first-order chi connectivity index (χ1) is 8.13. The molecule has 2 rings (SSSR count). The highest BCUT2D eigenvalue weighted by Crippen LogP contribution is 2.30. The first-order valence-electron chi connectivity index (χ1n) is 6.04. The maximum absolute atomic E-state index is 13.2. The lowest BCUT2D eigenvalue weighted by Gasteiger charge is -2.30. The van der Waals surface area contributed by atoms with E-state index >= 15 is 0 Å². The Morgan fingerprint density at radius 3 is 3.00 bits per heavy atom. The highest BCUT2D eigenvalue weighted by atomic mass is 79.9. The van der Waals surface area contributed by atoms with Crippen molar-refractivity contribution >= 4 is 15.9 Å². The minimum atomic E-state index is -0.210. The summed E-state index contributed by atoms with van der Waals surface area (Å²) in [5, 5.41) is 0. The van der Waals surface area contributed by atoms with Crippen molar-refractivity contribution < 1.29 is 4.39 Å². The third-order valence-corrected chi connectivity index (χ3v) is 4.23. The van der Waals surface area contributed by atoms with Crippen LogP contribution in [0.4, 0.5) is 4.39 Å². The second kappa shape index (κ2) is 5.46. The first kappa shape index (κ1) is 13.0. The van der Waals surface area contributed by atoms with Crippen LogP contribution in [0.1, 0.15) is 31.4 Å². The largest absolute Gasteiger partial charge is 0.329 e. The average Bonchev–Trinajstić information content (AvgIpc) is 2.80. The molecule has 0 aromatic heterocycles. The zero-order chi connectivity index (χ0) is 12.4. The molecule has 0 radical (unpaired) electrons. The molecular weight excluding hydrogens is 283 g/mol. The van der Waals surface area contributed by atoms with E-state index in [0.29, 0.717) is 23.1 Å². The molecule has 1 aliphatic rings. The van der Waals surface area contributed by atoms with Gasteiger partial charge in [0.1, 0.15) is 5.82 Å². The van der Waals surface area contributed by atoms with Gasteiger partial charge >= 0.3 is 0 Å². The molecule has 0 aliphatic carbocycles. The lowest BCUT2D eigenvalue weighted by atomic mass is 10.1. The van der Waals surface area contributed by atoms with Gasteiger partial charge in [0.2, 0.25) is 0 Å². The molecule has 2 atom stereocenters. The van der Waals surface area contributed by atoms with Crippen LogP contribution in [-0.4, -0.2) is 24.0 Å². The fourth-order valence-corrected chi connectivity index (χ4v) is 2.98. The molecule has 1 aromatic rings. The van der Waals surface area contributed by atoms with Crippen molar-refractivity contribution in [3.05, 3.63) is 34.1 Å². The van der Waals surface area contributed by atoms with Gasteiger partial charge in [-0.15, -0.1) is 0 Å². The van der Waals surface area contributed by atoms with Gasteiger partial charge in [0.15, 0.2) is 0 Å². The lowest BCUT2D eigenvalue weighted by molar-refractivity contribution is 0.197. The third kappa shape index (κ3) is 2.69. The smallest absolute Gasteiger partial charge is 0.137 e. The van der Waals surface area contributed by atoms with Crippen LogP contribution in [0.5, 0.6) is 0 Å². The summed E-state index contributed by atoms with van der Waals surface area (Å²) in [6.07, 6.45) is 2.37. The highest BCUT2D eigenvalue weighted by Gasteiger charge is 2.28. The summed E-state index contributed by atoms with van der Waals surface area (Å²) in [7, 11) is 0. The first-order valence-corrected chi connectivity index (χ1v) is 6.83. The number of nitrogens with two attached hydrogens (primary N) is 1. The van der Waals surface area contributed by atoms with E-state index in [4.69, 9.17) is 5.73 Å². The van der Waals surface area contributed by atoms with Crippen LogP contribution in [-0.2, 0) is 0 Å². The summed E-state index contributed by atoms with van der Waals surface area (Å²) < 4.78 is 13.7. The van der Waals surface area contributed by atoms with E-state index in [2.05, 4.69) is 27.8 Å². The van der Waals surface area contributed by atoms with Crippen molar-refractivity contribution in [2.45, 2.75) is 31.8 Å². The van der Waals surface area contributed by atoms with Crippen LogP contribution >= 0.6 is 15.9 Å². The van der Waals surface area contributed by atoms with Gasteiger partial charge in [0, 0.05) is 18.6 Å². The van der Waals surface area contributed by atoms with Crippen LogP contribution < -0.4 is 5.73 Å². The Bertz CT molecular complexity index is 397. The summed E-state index contributed by atoms with van der Waals surface area (Å²) in [5.74, 6) is -0.210. The maximum atomic E-state index is 13.2. The van der Waals surface area contributed by atoms with Gasteiger partial charge in [-0.05, 0) is 59.9 Å². The molecule has 0 bridgehead atoms. The van der Waals surface area contributed by atoms with Gasteiger partial charge in [-0.3, -0.25) is 4.90 Å². The molecule has 0 amide bonds. The predicted molar refractivity (Wildman–Crippen MR) is 71.3 cm³/mol. The minimum absolute atomic E-state index is 0.210. The van der Waals surface area contributed by atoms with Crippen molar-refractivity contribution in [3.8, 4) is 0 Å². The van der Waals surface area contributed by atoms with E-state index in [9.17, 15) is 4.39 Å². The summed E-state index contributed by atoms with van der Waals surface area (Å²) in [4.78, 5) is 2.42. The SMILES string of the molecule is CC(c1ccc(F)c(Br)c1)N1CCCC1CN. The van der Waals surface area contributed by atoms with Crippen LogP contribution in [0.15, 0.2) is 22.7 Å². The topological polar surface area (TPSA) is 29.3 Å². The molecule has 0 spiro atoms. The number of hydrogen-bond donors (Lipinski definition) is 1. The van der Waals surface area contributed by atoms with Crippen molar-refractivity contribution in [1.29, 1.82) is 0 Å². The van der Waals surface area contributed by atoms with E-state index in [0.717, 1.165) is 12.1 Å². The van der Waals surface area contributed by atoms with Gasteiger partial charge in [0.05, 0.1) is 4.47 Å². The predicted octanol–water partition coefficient (Wildman–Crippen LogP) is 3.07. The van der Waals surface area contributed by atoms with Crippen molar-refractivity contribution in [2.24, 2.45) is 5.73 Å². The second-order valence-corrected chi connectivity index (χ2v) is 5.47. The molecule has 1 saturated heterocycles. The summed E-state index contributed by atoms with van der Waals surface area (Å²) in [6, 6.07) is 6.00. The van der Waals surface area contributed by atoms with E-state index in [1.165, 1.54) is 18.9 Å². The van der Waals surface area contributed by atoms with Crippen LogP contribution in [0, 0.1) is 5.82 Å². The van der Waals surface area contributed by atoms with Gasteiger partial charge in [-0.1, -0.05) is 6.07 Å². The molecule has 1 aliphatic heterocycles. The van der Waals surface area contributed by atoms with Gasteiger partial charge < -0.3 is 5.73 Å². The molecule has 17 heavy (non-hydrogen) atoms. The number of benzene rings is 1. The van der Waals surface area contributed by atoms with Crippen LogP contribution in [0.2, 0.25) is 0 Å². The molecular formula is C13H18BrFN2. The van der Waals surface area contributed by atoms with Gasteiger partial charge in [-0.2, -0.15) is 0 Å². The highest BCUT2D eigenvalue weighted by molar-refractivity contribution is 9.10. The molecule has 1 aromatic carbocycles. The number of hydrogen-bond acceptors (Lipinski definition) is 2. The molecule has 4 heteroatoms. The van der Waals surface area contributed by atoms with Crippen molar-refractivity contribution in [3.63, 3.8) is 0 Å². The zero-order valence-electron chi connectivity index (χ0n) is 10.00. The Morgan fingerprint density at radius 1 is 1.59 bits per heavy atom. The Morgan fingerprint density at radius 2 is 2.35 bits per heavy atom. The standard InChI is InChI=1S/C13H18BrFN2/c1-9(17-6-2-3-11(17)8-16)10-4-5-13(15)12(14)7-10/h4-5,7,9,11H,2-3,6,8,16H2,1H3. The number of likely N-dealkylation sites (tertiary alicyclic amines) is 1. The maximum Gasteiger partial charge on any atom is 0.137 e. The minimum Gasteiger partial charge on any atom is -0.329 e. The Balaban J connectivity index is 2.18. The molecule has 2 unspecified atom stereocenters. The molecule has 2 N–H and O–H groups in total. The fraction of sp³-hybridized carbons (Fsp3) is 0.538. The third-order valence-electron chi connectivity index (χ3n) is 3.62. The monoisotopic (exact) mass is 300 g/mol. The van der Waals surface area contributed by atoms with E-state index in [-0.39, 0.29) is 5.82 Å². The quantitative estimate of drug-likeness (QED) is 0.929. The Hall–Kier alpha value is -0.450. The van der Waals surface area contributed by atoms with E-state index < -0.39 is 0 Å². The molecule has 1 heterocycles. The Kier molecular flexibility index (Phi) is 4.17. The van der Waals surface area contributed by atoms with E-state index in [1.807, 2.05) is 12.1 Å². The summed E-state index contributed by atoms with van der Waals surface area (Å²) >= 11 is 3.24. The van der Waals surface area contributed by atoms with Crippen LogP contribution in [0.25, 0.3) is 0 Å². The number of rotatable bonds is 3. The number of nitrogens with zero attached hydrogens (tertiary/aromatic N) is 1. The second-order valence-electron chi connectivity index (χ2n) is 4.62. The van der Waals surface area contributed by atoms with Crippen LogP contribution in [0.3, 0.4) is 0 Å². The zero-order valence-corrected chi connectivity index (χ0v) is 11.6. The molecule has 2 nitrogen and oxygen atoms in total. The van der Waals surface area contributed by atoms with E-state index in [1.54, 1.807) is 0 Å². The lowest BCUT2D eigenvalue weighted by Crippen LogP contribution is -2.37. The fourth-order valence-electron chi connectivity index (χ4n) is 2.58. The molecule has 0 saturated carbocycles.